The number of benzene rings is 2. The molecule has 2 N–H and O–H groups in total. The SMILES string of the molecule is CNc1ccc(C=Cc2cc3cc(O)ccc3o2)cc1.Cl. The average Bonchev–Trinajstić information content (AvgIpc) is 2.87. The van der Waals surface area contributed by atoms with E-state index < -0.39 is 0 Å². The Labute approximate surface area is 129 Å². The summed E-state index contributed by atoms with van der Waals surface area (Å²) in [7, 11) is 1.90. The van der Waals surface area contributed by atoms with Crippen molar-refractivity contribution in [2.75, 3.05) is 12.4 Å². The Morgan fingerprint density at radius 3 is 2.48 bits per heavy atom. The van der Waals surface area contributed by atoms with Crippen LogP contribution in [0.1, 0.15) is 11.3 Å². The summed E-state index contributed by atoms with van der Waals surface area (Å²) in [5, 5.41) is 13.4. The summed E-state index contributed by atoms with van der Waals surface area (Å²) in [4.78, 5) is 0. The van der Waals surface area contributed by atoms with Gasteiger partial charge in [-0.25, -0.2) is 0 Å². The van der Waals surface area contributed by atoms with E-state index in [9.17, 15) is 5.11 Å². The maximum absolute atomic E-state index is 9.43. The molecule has 4 heteroatoms. The fraction of sp³-hybridized carbons (Fsp3) is 0.0588. The molecule has 3 nitrogen and oxygen atoms in total. The van der Waals surface area contributed by atoms with Gasteiger partial charge in [-0.15, -0.1) is 12.4 Å². The summed E-state index contributed by atoms with van der Waals surface area (Å²) >= 11 is 0. The molecule has 3 rings (SSSR count). The number of furan rings is 1. The van der Waals surface area contributed by atoms with Gasteiger partial charge in [-0.2, -0.15) is 0 Å². The van der Waals surface area contributed by atoms with Gasteiger partial charge in [0.15, 0.2) is 0 Å². The molecule has 0 atom stereocenters. The van der Waals surface area contributed by atoms with Gasteiger partial charge in [-0.3, -0.25) is 0 Å². The zero-order valence-corrected chi connectivity index (χ0v) is 12.4. The normalized spacial score (nSPS) is 10.7. The Kier molecular flexibility index (Phi) is 4.55. The van der Waals surface area contributed by atoms with Gasteiger partial charge in [-0.05, 0) is 48.0 Å². The van der Waals surface area contributed by atoms with Crippen LogP contribution in [0.5, 0.6) is 5.75 Å². The number of hydrogen-bond donors (Lipinski definition) is 2. The van der Waals surface area contributed by atoms with Gasteiger partial charge in [0.05, 0.1) is 0 Å². The molecule has 2 aromatic carbocycles. The molecule has 0 radical (unpaired) electrons. The topological polar surface area (TPSA) is 45.4 Å². The van der Waals surface area contributed by atoms with Crippen molar-refractivity contribution in [1.29, 1.82) is 0 Å². The van der Waals surface area contributed by atoms with Crippen LogP contribution in [0.3, 0.4) is 0 Å². The number of phenolic OH excluding ortho intramolecular Hbond substituents is 1. The van der Waals surface area contributed by atoms with E-state index in [-0.39, 0.29) is 18.2 Å². The van der Waals surface area contributed by atoms with Crippen molar-refractivity contribution in [3.63, 3.8) is 0 Å². The predicted octanol–water partition coefficient (Wildman–Crippen LogP) is 4.77. The average molecular weight is 302 g/mol. The number of halogens is 1. The fourth-order valence-corrected chi connectivity index (χ4v) is 2.07. The van der Waals surface area contributed by atoms with Crippen molar-refractivity contribution in [2.45, 2.75) is 0 Å². The van der Waals surface area contributed by atoms with Crippen LogP contribution in [0.15, 0.2) is 52.9 Å². The quantitative estimate of drug-likeness (QED) is 0.732. The summed E-state index contributed by atoms with van der Waals surface area (Å²) in [6.07, 6.45) is 3.92. The molecular formula is C17H16ClNO2. The molecule has 0 amide bonds. The molecule has 1 heterocycles. The molecule has 0 aliphatic carbocycles. The van der Waals surface area contributed by atoms with Crippen LogP contribution in [0.2, 0.25) is 0 Å². The molecule has 0 unspecified atom stereocenters. The van der Waals surface area contributed by atoms with Gasteiger partial charge < -0.3 is 14.8 Å². The summed E-state index contributed by atoms with van der Waals surface area (Å²) in [6, 6.07) is 15.1. The highest BCUT2D eigenvalue weighted by atomic mass is 35.5. The second kappa shape index (κ2) is 6.37. The largest absolute Gasteiger partial charge is 0.508 e. The van der Waals surface area contributed by atoms with Gasteiger partial charge in [0, 0.05) is 18.1 Å². The molecule has 0 bridgehead atoms. The Morgan fingerprint density at radius 1 is 1.00 bits per heavy atom. The Hall–Kier alpha value is -2.39. The molecule has 0 saturated heterocycles. The van der Waals surface area contributed by atoms with Gasteiger partial charge in [0.2, 0.25) is 0 Å². The monoisotopic (exact) mass is 301 g/mol. The Morgan fingerprint density at radius 2 is 1.76 bits per heavy atom. The van der Waals surface area contributed by atoms with Crippen LogP contribution in [0.25, 0.3) is 23.1 Å². The third-order valence-electron chi connectivity index (χ3n) is 3.16. The van der Waals surface area contributed by atoms with E-state index in [2.05, 4.69) is 5.32 Å². The minimum atomic E-state index is 0. The first-order chi connectivity index (χ1) is 9.74. The zero-order valence-electron chi connectivity index (χ0n) is 11.5. The lowest BCUT2D eigenvalue weighted by Crippen LogP contribution is -1.86. The number of hydrogen-bond acceptors (Lipinski definition) is 3. The first-order valence-electron chi connectivity index (χ1n) is 6.43. The first-order valence-corrected chi connectivity index (χ1v) is 6.43. The number of anilines is 1. The van der Waals surface area contributed by atoms with Crippen molar-refractivity contribution < 1.29 is 9.52 Å². The highest BCUT2D eigenvalue weighted by Crippen LogP contribution is 2.24. The van der Waals surface area contributed by atoms with Crippen molar-refractivity contribution in [2.24, 2.45) is 0 Å². The number of fused-ring (bicyclic) bond motifs is 1. The second-order valence-corrected chi connectivity index (χ2v) is 4.58. The van der Waals surface area contributed by atoms with E-state index in [1.54, 1.807) is 18.2 Å². The van der Waals surface area contributed by atoms with Crippen LogP contribution in [0.4, 0.5) is 5.69 Å². The molecule has 0 spiro atoms. The Bertz CT molecular complexity index is 760. The lowest BCUT2D eigenvalue weighted by atomic mass is 10.2. The minimum absolute atomic E-state index is 0. The van der Waals surface area contributed by atoms with Crippen LogP contribution >= 0.6 is 12.4 Å². The van der Waals surface area contributed by atoms with Crippen LogP contribution in [-0.2, 0) is 0 Å². The number of nitrogens with one attached hydrogen (secondary N) is 1. The molecular weight excluding hydrogens is 286 g/mol. The summed E-state index contributed by atoms with van der Waals surface area (Å²) < 4.78 is 5.68. The lowest BCUT2D eigenvalue weighted by Gasteiger charge is -1.98. The summed E-state index contributed by atoms with van der Waals surface area (Å²) in [5.41, 5.74) is 2.96. The molecule has 1 aromatic heterocycles. The van der Waals surface area contributed by atoms with E-state index in [0.29, 0.717) is 0 Å². The number of rotatable bonds is 3. The second-order valence-electron chi connectivity index (χ2n) is 4.58. The third-order valence-corrected chi connectivity index (χ3v) is 3.16. The predicted molar refractivity (Wildman–Crippen MR) is 90.0 cm³/mol. The van der Waals surface area contributed by atoms with Gasteiger partial charge in [-0.1, -0.05) is 18.2 Å². The molecule has 21 heavy (non-hydrogen) atoms. The smallest absolute Gasteiger partial charge is 0.135 e. The van der Waals surface area contributed by atoms with Crippen molar-refractivity contribution in [3.05, 3.63) is 59.9 Å². The van der Waals surface area contributed by atoms with Crippen LogP contribution < -0.4 is 5.32 Å². The first kappa shape index (κ1) is 15.0. The van der Waals surface area contributed by atoms with Crippen LogP contribution in [0, 0.1) is 0 Å². The maximum atomic E-state index is 9.43. The van der Waals surface area contributed by atoms with Crippen molar-refractivity contribution in [3.8, 4) is 5.75 Å². The van der Waals surface area contributed by atoms with E-state index in [1.807, 2.05) is 49.5 Å². The molecule has 0 aliphatic heterocycles. The molecule has 0 saturated carbocycles. The number of aromatic hydroxyl groups is 1. The molecule has 3 aromatic rings. The summed E-state index contributed by atoms with van der Waals surface area (Å²) in [6.45, 7) is 0. The minimum Gasteiger partial charge on any atom is -0.508 e. The van der Waals surface area contributed by atoms with Crippen LogP contribution in [-0.4, -0.2) is 12.2 Å². The highest BCUT2D eigenvalue weighted by molar-refractivity contribution is 5.85. The van der Waals surface area contributed by atoms with E-state index in [4.69, 9.17) is 4.42 Å². The lowest BCUT2D eigenvalue weighted by molar-refractivity contribution is 0.476. The van der Waals surface area contributed by atoms with Gasteiger partial charge in [0.1, 0.15) is 17.1 Å². The van der Waals surface area contributed by atoms with Crippen molar-refractivity contribution >= 4 is 41.2 Å². The van der Waals surface area contributed by atoms with E-state index in [1.165, 1.54) is 0 Å². The standard InChI is InChI=1S/C17H15NO2.ClH/c1-18-14-5-2-12(3-6-14)4-8-16-11-13-10-15(19)7-9-17(13)20-16;/h2-11,18-19H,1H3;1H. The van der Waals surface area contributed by atoms with Gasteiger partial charge >= 0.3 is 0 Å². The van der Waals surface area contributed by atoms with E-state index in [0.717, 1.165) is 28.0 Å². The fourth-order valence-electron chi connectivity index (χ4n) is 2.07. The van der Waals surface area contributed by atoms with E-state index >= 15 is 0 Å². The van der Waals surface area contributed by atoms with Crippen molar-refractivity contribution in [1.82, 2.24) is 0 Å². The zero-order chi connectivity index (χ0) is 13.9. The molecule has 108 valence electrons. The summed E-state index contributed by atoms with van der Waals surface area (Å²) in [5.74, 6) is 1.01. The highest BCUT2D eigenvalue weighted by Gasteiger charge is 2.01. The maximum Gasteiger partial charge on any atom is 0.135 e. The molecule has 0 fully saturated rings. The Balaban J connectivity index is 0.00000161. The third kappa shape index (κ3) is 3.38. The number of phenols is 1. The molecule has 0 aliphatic rings. The van der Waals surface area contributed by atoms with Gasteiger partial charge in [0.25, 0.3) is 0 Å².